The minimum absolute atomic E-state index is 0.190. The SMILES string of the molecule is Cn1ccc(C(=O)CN2CCC(CCO)C2)c1. The van der Waals surface area contributed by atoms with Crippen LogP contribution in [-0.4, -0.2) is 46.6 Å². The van der Waals surface area contributed by atoms with E-state index in [9.17, 15) is 4.79 Å². The van der Waals surface area contributed by atoms with E-state index in [0.717, 1.165) is 31.5 Å². The smallest absolute Gasteiger partial charge is 0.178 e. The highest BCUT2D eigenvalue weighted by atomic mass is 16.3. The maximum absolute atomic E-state index is 12.0. The maximum atomic E-state index is 12.0. The highest BCUT2D eigenvalue weighted by Crippen LogP contribution is 2.19. The van der Waals surface area contributed by atoms with E-state index in [1.54, 1.807) is 0 Å². The Labute approximate surface area is 102 Å². The number of ketones is 1. The molecule has 4 nitrogen and oxygen atoms in total. The van der Waals surface area contributed by atoms with Crippen molar-refractivity contribution in [1.82, 2.24) is 9.47 Å². The normalized spacial score (nSPS) is 20.9. The predicted molar refractivity (Wildman–Crippen MR) is 66.0 cm³/mol. The molecule has 1 unspecified atom stereocenters. The zero-order valence-electron chi connectivity index (χ0n) is 10.3. The lowest BCUT2D eigenvalue weighted by Gasteiger charge is -2.14. The van der Waals surface area contributed by atoms with Gasteiger partial charge in [-0.2, -0.15) is 0 Å². The topological polar surface area (TPSA) is 45.5 Å². The Morgan fingerprint density at radius 2 is 2.41 bits per heavy atom. The van der Waals surface area contributed by atoms with Crippen LogP contribution in [0.25, 0.3) is 0 Å². The third kappa shape index (κ3) is 3.17. The van der Waals surface area contributed by atoms with Crippen LogP contribution >= 0.6 is 0 Å². The lowest BCUT2D eigenvalue weighted by molar-refractivity contribution is 0.0942. The molecule has 0 aromatic carbocycles. The van der Waals surface area contributed by atoms with Crippen molar-refractivity contribution in [3.8, 4) is 0 Å². The van der Waals surface area contributed by atoms with Crippen molar-refractivity contribution in [1.29, 1.82) is 0 Å². The number of rotatable bonds is 5. The number of hydrogen-bond donors (Lipinski definition) is 1. The molecule has 1 N–H and O–H groups in total. The van der Waals surface area contributed by atoms with Gasteiger partial charge in [-0.05, 0) is 31.4 Å². The first-order chi connectivity index (χ1) is 8.19. The molecule has 0 bridgehead atoms. The van der Waals surface area contributed by atoms with Gasteiger partial charge in [0.05, 0.1) is 6.54 Å². The number of nitrogens with zero attached hydrogens (tertiary/aromatic N) is 2. The van der Waals surface area contributed by atoms with Crippen LogP contribution in [0.3, 0.4) is 0 Å². The summed E-state index contributed by atoms with van der Waals surface area (Å²) in [7, 11) is 1.92. The molecule has 0 saturated carbocycles. The Balaban J connectivity index is 1.84. The molecular formula is C13H20N2O2. The van der Waals surface area contributed by atoms with Gasteiger partial charge in [0.25, 0.3) is 0 Å². The zero-order valence-corrected chi connectivity index (χ0v) is 10.3. The first-order valence-corrected chi connectivity index (χ1v) is 6.17. The van der Waals surface area contributed by atoms with E-state index < -0.39 is 0 Å². The molecule has 1 atom stereocenters. The third-order valence-electron chi connectivity index (χ3n) is 3.43. The monoisotopic (exact) mass is 236 g/mol. The van der Waals surface area contributed by atoms with E-state index in [-0.39, 0.29) is 12.4 Å². The second kappa shape index (κ2) is 5.47. The van der Waals surface area contributed by atoms with Gasteiger partial charge >= 0.3 is 0 Å². The number of carbonyl (C=O) groups excluding carboxylic acids is 1. The summed E-state index contributed by atoms with van der Waals surface area (Å²) in [5.41, 5.74) is 0.790. The summed E-state index contributed by atoms with van der Waals surface area (Å²) in [6.07, 6.45) is 5.72. The zero-order chi connectivity index (χ0) is 12.3. The van der Waals surface area contributed by atoms with Gasteiger partial charge in [0.2, 0.25) is 0 Å². The fourth-order valence-corrected chi connectivity index (χ4v) is 2.44. The van der Waals surface area contributed by atoms with Crippen LogP contribution in [0.2, 0.25) is 0 Å². The molecule has 0 spiro atoms. The number of likely N-dealkylation sites (tertiary alicyclic amines) is 1. The van der Waals surface area contributed by atoms with Crippen LogP contribution < -0.4 is 0 Å². The molecule has 2 rings (SSSR count). The number of hydrogen-bond acceptors (Lipinski definition) is 3. The molecule has 17 heavy (non-hydrogen) atoms. The van der Waals surface area contributed by atoms with Crippen molar-refractivity contribution in [3.63, 3.8) is 0 Å². The van der Waals surface area contributed by atoms with Crippen molar-refractivity contribution in [3.05, 3.63) is 24.0 Å². The average Bonchev–Trinajstić information content (AvgIpc) is 2.88. The molecule has 1 saturated heterocycles. The highest BCUT2D eigenvalue weighted by Gasteiger charge is 2.23. The molecule has 1 aromatic heterocycles. The van der Waals surface area contributed by atoms with Crippen molar-refractivity contribution in [2.75, 3.05) is 26.2 Å². The standard InChI is InChI=1S/C13H20N2O2/c1-14-5-3-12(9-14)13(17)10-15-6-2-11(8-15)4-7-16/h3,5,9,11,16H,2,4,6-8,10H2,1H3. The van der Waals surface area contributed by atoms with Crippen molar-refractivity contribution in [2.45, 2.75) is 12.8 Å². The summed E-state index contributed by atoms with van der Waals surface area (Å²) in [6, 6.07) is 1.86. The van der Waals surface area contributed by atoms with Gasteiger partial charge in [0.1, 0.15) is 0 Å². The molecule has 0 amide bonds. The fraction of sp³-hybridized carbons (Fsp3) is 0.615. The molecule has 1 fully saturated rings. The first-order valence-electron chi connectivity index (χ1n) is 6.17. The van der Waals surface area contributed by atoms with Crippen molar-refractivity contribution in [2.24, 2.45) is 13.0 Å². The highest BCUT2D eigenvalue weighted by molar-refractivity contribution is 5.97. The van der Waals surface area contributed by atoms with Crippen LogP contribution in [0, 0.1) is 5.92 Å². The molecule has 4 heteroatoms. The molecule has 1 aromatic rings. The van der Waals surface area contributed by atoms with Gasteiger partial charge in [-0.15, -0.1) is 0 Å². The number of aliphatic hydroxyl groups excluding tert-OH is 1. The van der Waals surface area contributed by atoms with Crippen LogP contribution in [0.1, 0.15) is 23.2 Å². The average molecular weight is 236 g/mol. The first kappa shape index (κ1) is 12.3. The number of Topliss-reactive ketones (excluding diaryl/α,β-unsaturated/α-hetero) is 1. The second-order valence-electron chi connectivity index (χ2n) is 4.89. The molecule has 94 valence electrons. The summed E-state index contributed by atoms with van der Waals surface area (Å²) < 4.78 is 1.89. The van der Waals surface area contributed by atoms with E-state index in [1.807, 2.05) is 30.1 Å². The summed E-state index contributed by atoms with van der Waals surface area (Å²) in [4.78, 5) is 14.2. The molecule has 1 aliphatic rings. The van der Waals surface area contributed by atoms with Gasteiger partial charge in [-0.1, -0.05) is 0 Å². The van der Waals surface area contributed by atoms with E-state index in [0.29, 0.717) is 12.5 Å². The van der Waals surface area contributed by atoms with E-state index in [4.69, 9.17) is 5.11 Å². The van der Waals surface area contributed by atoms with Crippen molar-refractivity contribution >= 4 is 5.78 Å². The predicted octanol–water partition coefficient (Wildman–Crippen LogP) is 0.912. The Morgan fingerprint density at radius 1 is 1.59 bits per heavy atom. The molecular weight excluding hydrogens is 216 g/mol. The van der Waals surface area contributed by atoms with Gasteiger partial charge in [-0.3, -0.25) is 9.69 Å². The largest absolute Gasteiger partial charge is 0.396 e. The molecule has 1 aliphatic heterocycles. The van der Waals surface area contributed by atoms with Gasteiger partial charge in [0, 0.05) is 38.2 Å². The Morgan fingerprint density at radius 3 is 3.06 bits per heavy atom. The van der Waals surface area contributed by atoms with Gasteiger partial charge in [0.15, 0.2) is 5.78 Å². The van der Waals surface area contributed by atoms with E-state index in [2.05, 4.69) is 4.90 Å². The molecule has 0 radical (unpaired) electrons. The number of aryl methyl sites for hydroxylation is 1. The summed E-state index contributed by atoms with van der Waals surface area (Å²) in [5, 5.41) is 8.89. The number of aromatic nitrogens is 1. The number of aliphatic hydroxyl groups is 1. The van der Waals surface area contributed by atoms with E-state index in [1.165, 1.54) is 0 Å². The van der Waals surface area contributed by atoms with Crippen LogP contribution in [-0.2, 0) is 7.05 Å². The number of carbonyl (C=O) groups is 1. The minimum Gasteiger partial charge on any atom is -0.396 e. The van der Waals surface area contributed by atoms with Crippen LogP contribution in [0.5, 0.6) is 0 Å². The Hall–Kier alpha value is -1.13. The summed E-state index contributed by atoms with van der Waals surface area (Å²) >= 11 is 0. The quantitative estimate of drug-likeness (QED) is 0.773. The summed E-state index contributed by atoms with van der Waals surface area (Å²) in [5.74, 6) is 0.749. The molecule has 0 aliphatic carbocycles. The van der Waals surface area contributed by atoms with Crippen LogP contribution in [0.4, 0.5) is 0 Å². The molecule has 2 heterocycles. The minimum atomic E-state index is 0.190. The lowest BCUT2D eigenvalue weighted by Crippen LogP contribution is -2.27. The lowest BCUT2D eigenvalue weighted by atomic mass is 10.1. The summed E-state index contributed by atoms with van der Waals surface area (Å²) in [6.45, 7) is 2.68. The fourth-order valence-electron chi connectivity index (χ4n) is 2.44. The Kier molecular flexibility index (Phi) is 3.97. The van der Waals surface area contributed by atoms with Crippen LogP contribution in [0.15, 0.2) is 18.5 Å². The Bertz CT molecular complexity index is 387. The second-order valence-corrected chi connectivity index (χ2v) is 4.89. The third-order valence-corrected chi connectivity index (χ3v) is 3.43. The van der Waals surface area contributed by atoms with Crippen molar-refractivity contribution < 1.29 is 9.90 Å². The van der Waals surface area contributed by atoms with Gasteiger partial charge < -0.3 is 9.67 Å². The van der Waals surface area contributed by atoms with Gasteiger partial charge in [-0.25, -0.2) is 0 Å². The maximum Gasteiger partial charge on any atom is 0.178 e. The van der Waals surface area contributed by atoms with E-state index >= 15 is 0 Å².